The van der Waals surface area contributed by atoms with E-state index in [1.807, 2.05) is 37.5 Å². The Bertz CT molecular complexity index is 1010. The van der Waals surface area contributed by atoms with Crippen molar-refractivity contribution in [2.24, 2.45) is 34.5 Å². The summed E-state index contributed by atoms with van der Waals surface area (Å²) in [4.78, 5) is 28.6. The van der Waals surface area contributed by atoms with E-state index in [9.17, 15) is 59.4 Å². The number of nitrogens with one attached hydrogen (secondary N) is 1. The topological polar surface area (TPSA) is 109 Å². The van der Waals surface area contributed by atoms with Gasteiger partial charge in [-0.3, -0.25) is 9.59 Å². The summed E-state index contributed by atoms with van der Waals surface area (Å²) in [5, 5.41) is 30.6. The van der Waals surface area contributed by atoms with Crippen LogP contribution in [0.15, 0.2) is 30.6 Å². The van der Waals surface area contributed by atoms with Gasteiger partial charge in [-0.2, -0.15) is 0 Å². The molecule has 1 aromatic heterocycles. The third kappa shape index (κ3) is 10.1. The first-order valence-corrected chi connectivity index (χ1v) is 13.9. The van der Waals surface area contributed by atoms with Crippen LogP contribution in [0.4, 0.5) is 34.5 Å². The molecule has 4 N–H and O–H groups in total. The van der Waals surface area contributed by atoms with Crippen LogP contribution in [0.25, 0.3) is 0 Å². The second kappa shape index (κ2) is 15.3. The maximum absolute atomic E-state index is 13.4. The molecule has 4 fully saturated rings. The second-order valence-electron chi connectivity index (χ2n) is 12.1. The largest absolute Gasteiger partial charge is 1.00 e. The predicted octanol–water partition coefficient (Wildman–Crippen LogP) is 4.96. The minimum Gasteiger partial charge on any atom is -0.418 e. The van der Waals surface area contributed by atoms with Crippen LogP contribution in [0.5, 0.6) is 0 Å². The van der Waals surface area contributed by atoms with E-state index in [0.717, 1.165) is 38.5 Å². The standard InChI is InChI=1S/C21H32O5.C5H5N.Ag.2BF4/c1-19-7-5-13(23)9-12(19)3-4-14-15-6-8-21(26,17(25)11-22)20(15,2)10-16(24)18(14)19;1-2-4-6-5-3-1;;2*2-1(3,4)5/h12-15,18,22-23,26H,3-11H2,1-2H3;1-5H;;;/q;;+1;2*-1/p+1/t12-,13-,14+,15+,18-,19+,20+,21+;;;;/m1..../s1. The maximum atomic E-state index is 13.4. The van der Waals surface area contributed by atoms with Gasteiger partial charge in [0.15, 0.2) is 18.2 Å². The molecule has 0 aliphatic heterocycles. The predicted molar refractivity (Wildman–Crippen MR) is 139 cm³/mol. The van der Waals surface area contributed by atoms with Gasteiger partial charge in [0.2, 0.25) is 0 Å². The summed E-state index contributed by atoms with van der Waals surface area (Å²) in [5.41, 5.74) is -2.40. The molecular formula is C26H38AgB2F8NO5. The van der Waals surface area contributed by atoms with Crippen LogP contribution in [-0.2, 0) is 32.0 Å². The Morgan fingerprint density at radius 3 is 1.91 bits per heavy atom. The fourth-order valence-electron chi connectivity index (χ4n) is 7.99. The van der Waals surface area contributed by atoms with E-state index in [-0.39, 0.29) is 63.9 Å². The summed E-state index contributed by atoms with van der Waals surface area (Å²) < 4.78 is 78.0. The van der Waals surface area contributed by atoms with E-state index in [1.54, 1.807) is 0 Å². The number of aromatic nitrogens is 1. The van der Waals surface area contributed by atoms with Gasteiger partial charge in [0, 0.05) is 29.9 Å². The van der Waals surface area contributed by atoms with Gasteiger partial charge in [-0.25, -0.2) is 4.98 Å². The molecule has 0 bridgehead atoms. The van der Waals surface area contributed by atoms with Crippen LogP contribution in [0.3, 0.4) is 0 Å². The molecular weight excluding hydrogens is 688 g/mol. The number of rotatable bonds is 2. The number of fused-ring (bicyclic) bond motifs is 5. The zero-order valence-corrected chi connectivity index (χ0v) is 25.3. The van der Waals surface area contributed by atoms with E-state index >= 15 is 0 Å². The maximum Gasteiger partial charge on any atom is 1.00 e. The van der Waals surface area contributed by atoms with Crippen molar-refractivity contribution in [3.05, 3.63) is 30.6 Å². The number of ketones is 2. The zero-order valence-electron chi connectivity index (χ0n) is 23.8. The number of hydrogen-bond donors (Lipinski definition) is 3. The Morgan fingerprint density at radius 1 is 0.930 bits per heavy atom. The van der Waals surface area contributed by atoms with Crippen LogP contribution in [0.1, 0.15) is 65.2 Å². The van der Waals surface area contributed by atoms with Gasteiger partial charge in [0.25, 0.3) is 0 Å². The summed E-state index contributed by atoms with van der Waals surface area (Å²) in [6, 6.07) is 5.86. The van der Waals surface area contributed by atoms with Crippen LogP contribution in [-0.4, -0.2) is 59.7 Å². The Balaban J connectivity index is 0.000000447. The van der Waals surface area contributed by atoms with Gasteiger partial charge in [-0.05, 0) is 68.1 Å². The van der Waals surface area contributed by atoms with E-state index in [1.165, 1.54) is 0 Å². The Kier molecular flexibility index (Phi) is 14.1. The molecule has 6 nitrogen and oxygen atoms in total. The molecule has 5 rings (SSSR count). The van der Waals surface area contributed by atoms with Gasteiger partial charge in [0.05, 0.1) is 6.10 Å². The van der Waals surface area contributed by atoms with Crippen LogP contribution in [0, 0.1) is 34.5 Å². The number of Topliss-reactive ketones (excluding diaryl/α,β-unsaturated/α-hetero) is 2. The molecule has 43 heavy (non-hydrogen) atoms. The third-order valence-corrected chi connectivity index (χ3v) is 9.69. The average molecular weight is 726 g/mol. The number of aromatic amines is 1. The van der Waals surface area contributed by atoms with Gasteiger partial charge in [-0.1, -0.05) is 19.9 Å². The van der Waals surface area contributed by atoms with Crippen molar-refractivity contribution in [3.63, 3.8) is 0 Å². The van der Waals surface area contributed by atoms with E-state index < -0.39 is 37.9 Å². The molecule has 250 valence electrons. The Morgan fingerprint density at radius 2 is 1.47 bits per heavy atom. The summed E-state index contributed by atoms with van der Waals surface area (Å²) in [5.74, 6) is 0.380. The number of aliphatic hydroxyl groups is 3. The number of carbonyl (C=O) groups excluding carboxylic acids is 2. The van der Waals surface area contributed by atoms with Gasteiger partial charge in [0.1, 0.15) is 18.0 Å². The molecule has 8 atom stereocenters. The SMILES string of the molecule is C[C@]12CC[C@@H](O)C[C@H]1CC[C@@H]1[C@@H]2C(=O)C[C@@]2(C)[C@H]1CC[C@]2(O)C(=O)CO.F[B-](F)(F)F.F[B-](F)(F)F.[Ag+].c1cc[nH+]cc1. The monoisotopic (exact) mass is 725 g/mol. The second-order valence-corrected chi connectivity index (χ2v) is 12.1. The van der Waals surface area contributed by atoms with Gasteiger partial charge >= 0.3 is 36.9 Å². The third-order valence-electron chi connectivity index (χ3n) is 9.69. The minimum atomic E-state index is -6.00. The van der Waals surface area contributed by atoms with Gasteiger partial charge < -0.3 is 49.8 Å². The summed E-state index contributed by atoms with van der Waals surface area (Å²) in [6.45, 7) is 3.46. The number of halogens is 8. The first kappa shape index (κ1) is 39.7. The van der Waals surface area contributed by atoms with Crippen molar-refractivity contribution >= 4 is 26.1 Å². The Hall–Kier alpha value is -1.32. The quantitative estimate of drug-likeness (QED) is 0.295. The summed E-state index contributed by atoms with van der Waals surface area (Å²) in [6.07, 6.45) is 9.22. The molecule has 1 heterocycles. The molecule has 0 unspecified atom stereocenters. The van der Waals surface area contributed by atoms with E-state index in [2.05, 4.69) is 11.9 Å². The smallest absolute Gasteiger partial charge is 0.418 e. The zero-order chi connectivity index (χ0) is 32.1. The summed E-state index contributed by atoms with van der Waals surface area (Å²) in [7, 11) is -12.0. The molecule has 0 aromatic carbocycles. The van der Waals surface area contributed by atoms with Crippen LogP contribution < -0.4 is 4.98 Å². The average Bonchev–Trinajstić information content (AvgIpc) is 3.14. The first-order chi connectivity index (χ1) is 19.2. The number of carbonyl (C=O) groups is 2. The molecule has 0 saturated heterocycles. The van der Waals surface area contributed by atoms with Crippen molar-refractivity contribution in [1.82, 2.24) is 0 Å². The molecule has 4 aliphatic carbocycles. The molecule has 4 aliphatic rings. The number of H-pyrrole nitrogens is 1. The number of hydrogen-bond acceptors (Lipinski definition) is 5. The molecule has 0 spiro atoms. The molecule has 4 saturated carbocycles. The Labute approximate surface area is 261 Å². The van der Waals surface area contributed by atoms with Crippen molar-refractivity contribution < 1.29 is 86.8 Å². The van der Waals surface area contributed by atoms with E-state index in [0.29, 0.717) is 12.3 Å². The first-order valence-electron chi connectivity index (χ1n) is 13.9. The van der Waals surface area contributed by atoms with Crippen LogP contribution in [0.2, 0.25) is 0 Å². The van der Waals surface area contributed by atoms with E-state index in [4.69, 9.17) is 0 Å². The fraction of sp³-hybridized carbons (Fsp3) is 0.731. The molecule has 0 amide bonds. The molecule has 0 radical (unpaired) electrons. The van der Waals surface area contributed by atoms with Crippen molar-refractivity contribution in [2.45, 2.75) is 76.9 Å². The normalized spacial score (nSPS) is 36.3. The van der Waals surface area contributed by atoms with Crippen molar-refractivity contribution in [2.75, 3.05) is 6.61 Å². The van der Waals surface area contributed by atoms with Crippen LogP contribution >= 0.6 is 0 Å². The minimum absolute atomic E-state index is 0. The molecule has 1 aromatic rings. The van der Waals surface area contributed by atoms with Crippen molar-refractivity contribution in [3.8, 4) is 0 Å². The van der Waals surface area contributed by atoms with Gasteiger partial charge in [-0.15, -0.1) is 0 Å². The molecule has 17 heteroatoms. The van der Waals surface area contributed by atoms with Crippen molar-refractivity contribution in [1.29, 1.82) is 0 Å². The number of pyridine rings is 1. The fourth-order valence-corrected chi connectivity index (χ4v) is 7.99. The summed E-state index contributed by atoms with van der Waals surface area (Å²) >= 11 is 0. The number of aliphatic hydroxyl groups excluding tert-OH is 2.